The Morgan fingerprint density at radius 2 is 2.05 bits per heavy atom. The monoisotopic (exact) mass is 353 g/mol. The Labute approximate surface area is 142 Å². The van der Waals surface area contributed by atoms with E-state index in [0.29, 0.717) is 16.6 Å². The standard InChI is InChI=1S/C15H13Cl2N3OS/c1-3-9-7-10-13(19-15(17)20-14(10)22-9)18-8-4-5-12(21-2)11(16)6-8/h4-7H,3H2,1-2H3,(H,18,19,20). The van der Waals surface area contributed by atoms with Crippen molar-refractivity contribution < 1.29 is 4.74 Å². The summed E-state index contributed by atoms with van der Waals surface area (Å²) in [7, 11) is 1.58. The van der Waals surface area contributed by atoms with Crippen molar-refractivity contribution in [2.24, 2.45) is 0 Å². The van der Waals surface area contributed by atoms with E-state index < -0.39 is 0 Å². The summed E-state index contributed by atoms with van der Waals surface area (Å²) in [6.07, 6.45) is 0.951. The summed E-state index contributed by atoms with van der Waals surface area (Å²) in [5, 5.41) is 4.96. The van der Waals surface area contributed by atoms with Crippen LogP contribution in [0.4, 0.5) is 11.5 Å². The number of halogens is 2. The summed E-state index contributed by atoms with van der Waals surface area (Å²) >= 11 is 13.8. The lowest BCUT2D eigenvalue weighted by Crippen LogP contribution is -1.96. The van der Waals surface area contributed by atoms with Crippen LogP contribution < -0.4 is 10.1 Å². The number of benzene rings is 1. The van der Waals surface area contributed by atoms with Crippen LogP contribution in [0.3, 0.4) is 0 Å². The summed E-state index contributed by atoms with van der Waals surface area (Å²) in [6, 6.07) is 7.55. The molecule has 114 valence electrons. The average Bonchev–Trinajstić information content (AvgIpc) is 2.90. The molecule has 0 fully saturated rings. The van der Waals surface area contributed by atoms with Crippen LogP contribution in [0.1, 0.15) is 11.8 Å². The van der Waals surface area contributed by atoms with E-state index in [9.17, 15) is 0 Å². The topological polar surface area (TPSA) is 47.0 Å². The average molecular weight is 354 g/mol. The zero-order valence-electron chi connectivity index (χ0n) is 12.0. The fourth-order valence-corrected chi connectivity index (χ4v) is 3.54. The number of nitrogens with zero attached hydrogens (tertiary/aromatic N) is 2. The van der Waals surface area contributed by atoms with Gasteiger partial charge in [0.25, 0.3) is 0 Å². The first-order valence-corrected chi connectivity index (χ1v) is 8.24. The third-order valence-corrected chi connectivity index (χ3v) is 4.82. The van der Waals surface area contributed by atoms with Crippen molar-refractivity contribution in [3.8, 4) is 5.75 Å². The van der Waals surface area contributed by atoms with Crippen molar-refractivity contribution in [1.82, 2.24) is 9.97 Å². The third kappa shape index (κ3) is 2.97. The second-order valence-electron chi connectivity index (χ2n) is 4.60. The number of anilines is 2. The minimum atomic E-state index is 0.221. The number of fused-ring (bicyclic) bond motifs is 1. The molecule has 4 nitrogen and oxygen atoms in total. The number of aryl methyl sites for hydroxylation is 1. The van der Waals surface area contributed by atoms with Gasteiger partial charge < -0.3 is 10.1 Å². The number of aromatic nitrogens is 2. The molecule has 0 aliphatic rings. The molecular weight excluding hydrogens is 341 g/mol. The van der Waals surface area contributed by atoms with E-state index >= 15 is 0 Å². The maximum absolute atomic E-state index is 6.15. The van der Waals surface area contributed by atoms with Crippen molar-refractivity contribution in [3.05, 3.63) is 39.4 Å². The molecule has 0 atom stereocenters. The summed E-state index contributed by atoms with van der Waals surface area (Å²) in [6.45, 7) is 2.11. The maximum atomic E-state index is 6.15. The number of thiophene rings is 1. The van der Waals surface area contributed by atoms with Crippen LogP contribution in [0.25, 0.3) is 10.2 Å². The van der Waals surface area contributed by atoms with Crippen molar-refractivity contribution in [2.45, 2.75) is 13.3 Å². The Morgan fingerprint density at radius 1 is 1.23 bits per heavy atom. The van der Waals surface area contributed by atoms with E-state index in [1.165, 1.54) is 4.88 Å². The Balaban J connectivity index is 2.02. The fraction of sp³-hybridized carbons (Fsp3) is 0.200. The predicted molar refractivity (Wildman–Crippen MR) is 93.1 cm³/mol. The van der Waals surface area contributed by atoms with Crippen LogP contribution in [-0.2, 0) is 6.42 Å². The van der Waals surface area contributed by atoms with Crippen LogP contribution in [-0.4, -0.2) is 17.1 Å². The fourth-order valence-electron chi connectivity index (χ4n) is 2.10. The molecule has 0 radical (unpaired) electrons. The summed E-state index contributed by atoms with van der Waals surface area (Å²) < 4.78 is 5.15. The molecule has 2 heterocycles. The molecule has 1 N–H and O–H groups in total. The Kier molecular flexibility index (Phi) is 4.38. The summed E-state index contributed by atoms with van der Waals surface area (Å²) in [5.41, 5.74) is 0.811. The number of ether oxygens (including phenoxy) is 1. The molecule has 0 bridgehead atoms. The SMILES string of the molecule is CCc1cc2c(Nc3ccc(OC)c(Cl)c3)nc(Cl)nc2s1. The van der Waals surface area contributed by atoms with E-state index in [0.717, 1.165) is 22.3 Å². The van der Waals surface area contributed by atoms with Crippen LogP contribution in [0.5, 0.6) is 5.75 Å². The number of methoxy groups -OCH3 is 1. The largest absolute Gasteiger partial charge is 0.495 e. The van der Waals surface area contributed by atoms with Gasteiger partial charge in [-0.05, 0) is 42.3 Å². The van der Waals surface area contributed by atoms with E-state index in [1.807, 2.05) is 6.07 Å². The van der Waals surface area contributed by atoms with E-state index in [-0.39, 0.29) is 5.28 Å². The second-order valence-corrected chi connectivity index (χ2v) is 6.46. The van der Waals surface area contributed by atoms with Gasteiger partial charge in [0.05, 0.1) is 17.5 Å². The van der Waals surface area contributed by atoms with Crippen molar-refractivity contribution in [1.29, 1.82) is 0 Å². The number of nitrogens with one attached hydrogen (secondary N) is 1. The molecule has 0 saturated heterocycles. The van der Waals surface area contributed by atoms with Gasteiger partial charge in [-0.25, -0.2) is 4.98 Å². The van der Waals surface area contributed by atoms with E-state index in [1.54, 1.807) is 30.6 Å². The molecule has 0 aliphatic carbocycles. The number of rotatable bonds is 4. The normalized spacial score (nSPS) is 10.9. The van der Waals surface area contributed by atoms with Crippen molar-refractivity contribution in [2.75, 3.05) is 12.4 Å². The highest BCUT2D eigenvalue weighted by molar-refractivity contribution is 7.18. The molecule has 2 aromatic heterocycles. The number of hydrogen-bond acceptors (Lipinski definition) is 5. The highest BCUT2D eigenvalue weighted by atomic mass is 35.5. The Bertz CT molecular complexity index is 835. The summed E-state index contributed by atoms with van der Waals surface area (Å²) in [4.78, 5) is 10.7. The van der Waals surface area contributed by atoms with Gasteiger partial charge in [0.2, 0.25) is 5.28 Å². The van der Waals surface area contributed by atoms with Crippen LogP contribution >= 0.6 is 34.5 Å². The molecule has 22 heavy (non-hydrogen) atoms. The van der Waals surface area contributed by atoms with Gasteiger partial charge in [-0.3, -0.25) is 0 Å². The van der Waals surface area contributed by atoms with Gasteiger partial charge in [0.1, 0.15) is 16.4 Å². The van der Waals surface area contributed by atoms with Gasteiger partial charge in [-0.15, -0.1) is 11.3 Å². The zero-order chi connectivity index (χ0) is 15.7. The van der Waals surface area contributed by atoms with Crippen LogP contribution in [0.15, 0.2) is 24.3 Å². The first kappa shape index (κ1) is 15.3. The molecule has 0 amide bonds. The van der Waals surface area contributed by atoms with Crippen molar-refractivity contribution in [3.63, 3.8) is 0 Å². The molecule has 0 unspecified atom stereocenters. The maximum Gasteiger partial charge on any atom is 0.225 e. The Morgan fingerprint density at radius 3 is 2.73 bits per heavy atom. The molecule has 1 aromatic carbocycles. The predicted octanol–water partition coefficient (Wildman–Crippen LogP) is 5.31. The second kappa shape index (κ2) is 6.28. The lowest BCUT2D eigenvalue weighted by Gasteiger charge is -2.09. The van der Waals surface area contributed by atoms with Gasteiger partial charge in [-0.2, -0.15) is 4.98 Å². The lowest BCUT2D eigenvalue weighted by atomic mass is 10.2. The van der Waals surface area contributed by atoms with Gasteiger partial charge in [-0.1, -0.05) is 18.5 Å². The van der Waals surface area contributed by atoms with Crippen LogP contribution in [0, 0.1) is 0 Å². The quantitative estimate of drug-likeness (QED) is 0.645. The van der Waals surface area contributed by atoms with Crippen molar-refractivity contribution >= 4 is 56.3 Å². The van der Waals surface area contributed by atoms with Gasteiger partial charge in [0, 0.05) is 10.6 Å². The zero-order valence-corrected chi connectivity index (χ0v) is 14.3. The number of hydrogen-bond donors (Lipinski definition) is 1. The van der Waals surface area contributed by atoms with Crippen LogP contribution in [0.2, 0.25) is 10.3 Å². The molecule has 0 saturated carbocycles. The first-order chi connectivity index (χ1) is 10.6. The smallest absolute Gasteiger partial charge is 0.225 e. The van der Waals surface area contributed by atoms with E-state index in [2.05, 4.69) is 28.3 Å². The summed E-state index contributed by atoms with van der Waals surface area (Å²) in [5.74, 6) is 1.30. The minimum absolute atomic E-state index is 0.221. The van der Waals surface area contributed by atoms with Gasteiger partial charge in [0.15, 0.2) is 0 Å². The molecule has 0 aliphatic heterocycles. The minimum Gasteiger partial charge on any atom is -0.495 e. The lowest BCUT2D eigenvalue weighted by molar-refractivity contribution is 0.415. The first-order valence-electron chi connectivity index (χ1n) is 6.67. The molecule has 3 rings (SSSR count). The van der Waals surface area contributed by atoms with Gasteiger partial charge >= 0.3 is 0 Å². The highest BCUT2D eigenvalue weighted by Crippen LogP contribution is 2.33. The Hall–Kier alpha value is -1.56. The van der Waals surface area contributed by atoms with E-state index in [4.69, 9.17) is 27.9 Å². The third-order valence-electron chi connectivity index (χ3n) is 3.18. The molecule has 7 heteroatoms. The molecule has 3 aromatic rings. The molecule has 0 spiro atoms. The highest BCUT2D eigenvalue weighted by Gasteiger charge is 2.11. The molecular formula is C15H13Cl2N3OS.